The summed E-state index contributed by atoms with van der Waals surface area (Å²) in [6.45, 7) is 2.74. The topological polar surface area (TPSA) is 92.5 Å². The van der Waals surface area contributed by atoms with Crippen LogP contribution in [0, 0.1) is 11.8 Å². The van der Waals surface area contributed by atoms with Crippen LogP contribution < -0.4 is 10.7 Å². The maximum Gasteiger partial charge on any atom is 0.175 e. The number of hydrogen-bond donors (Lipinski definition) is 4. The van der Waals surface area contributed by atoms with Crippen molar-refractivity contribution in [3.63, 3.8) is 0 Å². The van der Waals surface area contributed by atoms with Gasteiger partial charge >= 0.3 is 0 Å². The number of hydrogen-bond acceptors (Lipinski definition) is 7. The van der Waals surface area contributed by atoms with Crippen LogP contribution in [0.5, 0.6) is 0 Å². The molecule has 0 saturated carbocycles. The minimum atomic E-state index is -0.664. The smallest absolute Gasteiger partial charge is 0.175 e. The molecule has 4 N–H and O–H groups in total. The lowest BCUT2D eigenvalue weighted by Crippen LogP contribution is -2.56. The fraction of sp³-hybridized carbons (Fsp3) is 0.733. The maximum absolute atomic E-state index is 10.5. The number of amidine groups is 1. The van der Waals surface area contributed by atoms with Gasteiger partial charge in [0.05, 0.1) is 0 Å². The van der Waals surface area contributed by atoms with Gasteiger partial charge in [-0.2, -0.15) is 5.10 Å². The van der Waals surface area contributed by atoms with Gasteiger partial charge in [0.25, 0.3) is 0 Å². The van der Waals surface area contributed by atoms with E-state index < -0.39 is 12.5 Å². The first-order valence-corrected chi connectivity index (χ1v) is 8.08. The van der Waals surface area contributed by atoms with Gasteiger partial charge in [0.1, 0.15) is 18.3 Å². The Morgan fingerprint density at radius 2 is 2.00 bits per heavy atom. The Bertz CT molecular complexity index is 459. The highest BCUT2D eigenvalue weighted by Gasteiger charge is 2.50. The highest BCUT2D eigenvalue weighted by atomic mass is 16.3. The van der Waals surface area contributed by atoms with E-state index >= 15 is 0 Å². The number of nitrogens with one attached hydrogen (secondary N) is 2. The Labute approximate surface area is 130 Å². The van der Waals surface area contributed by atoms with Crippen LogP contribution in [-0.2, 0) is 0 Å². The summed E-state index contributed by atoms with van der Waals surface area (Å²) >= 11 is 0. The Morgan fingerprint density at radius 1 is 1.32 bits per heavy atom. The molecule has 2 heterocycles. The highest BCUT2D eigenvalue weighted by Crippen LogP contribution is 2.40. The number of rotatable bonds is 5. The quantitative estimate of drug-likeness (QED) is 0.430. The standard InChI is InChI=1S/C15H25N5O2/c1-2-8-16-9-7-12-17-15(19-18-12)20-13(21)10-5-3-4-6-11(10)14(20)22/h3-4,8,10-11,13-15,19,21-22H,2,5-7,9H2,1H3,(H,17,18)/b16-8-. The molecule has 1 saturated heterocycles. The summed E-state index contributed by atoms with van der Waals surface area (Å²) in [5.41, 5.74) is 2.97. The van der Waals surface area contributed by atoms with Crippen molar-refractivity contribution in [1.82, 2.24) is 15.6 Å². The zero-order chi connectivity index (χ0) is 15.5. The molecule has 0 radical (unpaired) electrons. The molecule has 3 aliphatic rings. The van der Waals surface area contributed by atoms with Crippen molar-refractivity contribution in [3.05, 3.63) is 12.2 Å². The zero-order valence-electron chi connectivity index (χ0n) is 12.9. The van der Waals surface area contributed by atoms with Gasteiger partial charge in [0.15, 0.2) is 6.29 Å². The third-order valence-electron chi connectivity index (χ3n) is 4.62. The third kappa shape index (κ3) is 2.88. The molecule has 0 aromatic carbocycles. The first-order chi connectivity index (χ1) is 10.7. The third-order valence-corrected chi connectivity index (χ3v) is 4.62. The number of aliphatic imine (C=N–C) groups is 1. The monoisotopic (exact) mass is 307 g/mol. The fourth-order valence-corrected chi connectivity index (χ4v) is 3.47. The molecule has 7 heteroatoms. The predicted octanol–water partition coefficient (Wildman–Crippen LogP) is 0.182. The van der Waals surface area contributed by atoms with Crippen LogP contribution >= 0.6 is 0 Å². The lowest BCUT2D eigenvalue weighted by atomic mass is 9.84. The highest BCUT2D eigenvalue weighted by molar-refractivity contribution is 5.83. The van der Waals surface area contributed by atoms with E-state index in [-0.39, 0.29) is 18.1 Å². The zero-order valence-corrected chi connectivity index (χ0v) is 12.9. The van der Waals surface area contributed by atoms with Crippen LogP contribution in [0.2, 0.25) is 0 Å². The van der Waals surface area contributed by atoms with Crippen LogP contribution in [0.4, 0.5) is 0 Å². The largest absolute Gasteiger partial charge is 0.378 e. The molecule has 0 amide bonds. The van der Waals surface area contributed by atoms with E-state index in [1.807, 2.05) is 6.21 Å². The van der Waals surface area contributed by atoms with E-state index in [2.05, 4.69) is 39.9 Å². The Morgan fingerprint density at radius 3 is 2.64 bits per heavy atom. The second-order valence-corrected chi connectivity index (χ2v) is 6.03. The van der Waals surface area contributed by atoms with Crippen molar-refractivity contribution >= 4 is 12.1 Å². The Balaban J connectivity index is 1.56. The molecule has 3 rings (SSSR count). The lowest BCUT2D eigenvalue weighted by Gasteiger charge is -2.30. The van der Waals surface area contributed by atoms with Gasteiger partial charge < -0.3 is 15.5 Å². The lowest BCUT2D eigenvalue weighted by molar-refractivity contribution is -0.100. The number of nitrogens with zero attached hydrogens (tertiary/aromatic N) is 3. The van der Waals surface area contributed by atoms with Crippen LogP contribution in [0.15, 0.2) is 22.2 Å². The molecule has 0 aromatic rings. The number of allylic oxidation sites excluding steroid dienone is 2. The van der Waals surface area contributed by atoms with Crippen molar-refractivity contribution in [1.29, 1.82) is 0 Å². The Kier molecular flexibility index (Phi) is 4.75. The number of aliphatic hydroxyl groups excluding tert-OH is 2. The molecule has 0 aromatic heterocycles. The molecule has 2 aliphatic heterocycles. The second kappa shape index (κ2) is 6.76. The molecule has 1 fully saturated rings. The van der Waals surface area contributed by atoms with E-state index in [1.54, 1.807) is 4.90 Å². The van der Waals surface area contributed by atoms with Crippen molar-refractivity contribution in [2.75, 3.05) is 6.54 Å². The van der Waals surface area contributed by atoms with Gasteiger partial charge in [-0.3, -0.25) is 10.4 Å². The molecule has 0 bridgehead atoms. The molecule has 122 valence electrons. The van der Waals surface area contributed by atoms with Gasteiger partial charge in [-0.1, -0.05) is 19.1 Å². The summed E-state index contributed by atoms with van der Waals surface area (Å²) in [7, 11) is 0. The minimum absolute atomic E-state index is 0.0850. The van der Waals surface area contributed by atoms with E-state index in [0.29, 0.717) is 13.0 Å². The SMILES string of the molecule is CC/C=N\CCC1=NNC(N2C(O)C3CC=CCC3C2O)N1. The molecule has 0 spiro atoms. The summed E-state index contributed by atoms with van der Waals surface area (Å²) in [4.78, 5) is 5.96. The van der Waals surface area contributed by atoms with Crippen LogP contribution in [0.1, 0.15) is 32.6 Å². The number of aliphatic hydroxyl groups is 2. The minimum Gasteiger partial charge on any atom is -0.378 e. The molecule has 7 nitrogen and oxygen atoms in total. The maximum atomic E-state index is 10.5. The van der Waals surface area contributed by atoms with E-state index in [9.17, 15) is 10.2 Å². The summed E-state index contributed by atoms with van der Waals surface area (Å²) < 4.78 is 0. The van der Waals surface area contributed by atoms with Gasteiger partial charge in [-0.25, -0.2) is 4.90 Å². The summed E-state index contributed by atoms with van der Waals surface area (Å²) in [6, 6.07) is 0. The first-order valence-electron chi connectivity index (χ1n) is 8.08. The summed E-state index contributed by atoms with van der Waals surface area (Å²) in [6.07, 6.45) is 7.65. The van der Waals surface area contributed by atoms with Crippen LogP contribution in [0.25, 0.3) is 0 Å². The van der Waals surface area contributed by atoms with E-state index in [0.717, 1.165) is 25.1 Å². The van der Waals surface area contributed by atoms with Gasteiger partial charge in [-0.05, 0) is 25.5 Å². The molecule has 1 aliphatic carbocycles. The van der Waals surface area contributed by atoms with Crippen LogP contribution in [0.3, 0.4) is 0 Å². The predicted molar refractivity (Wildman–Crippen MR) is 85.0 cm³/mol. The normalized spacial score (nSPS) is 38.0. The van der Waals surface area contributed by atoms with Crippen LogP contribution in [-0.4, -0.2) is 52.5 Å². The summed E-state index contributed by atoms with van der Waals surface area (Å²) in [5.74, 6) is 0.981. The van der Waals surface area contributed by atoms with Gasteiger partial charge in [0, 0.05) is 24.8 Å². The fourth-order valence-electron chi connectivity index (χ4n) is 3.47. The molecular formula is C15H25N5O2. The summed E-state index contributed by atoms with van der Waals surface area (Å²) in [5, 5.41) is 28.5. The van der Waals surface area contributed by atoms with Crippen molar-refractivity contribution < 1.29 is 10.2 Å². The van der Waals surface area contributed by atoms with Crippen molar-refractivity contribution in [2.45, 2.75) is 51.4 Å². The second-order valence-electron chi connectivity index (χ2n) is 6.03. The number of fused-ring (bicyclic) bond motifs is 1. The molecule has 22 heavy (non-hydrogen) atoms. The van der Waals surface area contributed by atoms with E-state index in [1.165, 1.54) is 0 Å². The molecule has 5 atom stereocenters. The van der Waals surface area contributed by atoms with Crippen molar-refractivity contribution in [3.8, 4) is 0 Å². The Hall–Kier alpha value is -1.44. The average Bonchev–Trinajstić information content (AvgIpc) is 3.08. The number of likely N-dealkylation sites (tertiary alicyclic amines) is 1. The van der Waals surface area contributed by atoms with Crippen molar-refractivity contribution in [2.24, 2.45) is 21.9 Å². The average molecular weight is 307 g/mol. The first kappa shape index (κ1) is 15.5. The van der Waals surface area contributed by atoms with Gasteiger partial charge in [-0.15, -0.1) is 0 Å². The molecule has 5 unspecified atom stereocenters. The van der Waals surface area contributed by atoms with Gasteiger partial charge in [0.2, 0.25) is 0 Å². The molecular weight excluding hydrogens is 282 g/mol. The van der Waals surface area contributed by atoms with E-state index in [4.69, 9.17) is 0 Å². The number of hydrazone groups is 1.